The maximum absolute atomic E-state index is 12.0. The van der Waals surface area contributed by atoms with Crippen LogP contribution in [0.4, 0.5) is 4.79 Å². The van der Waals surface area contributed by atoms with Crippen molar-refractivity contribution in [2.45, 2.75) is 46.1 Å². The predicted octanol–water partition coefficient (Wildman–Crippen LogP) is 2.65. The zero-order chi connectivity index (χ0) is 16.8. The smallest absolute Gasteiger partial charge is 0.410 e. The first kappa shape index (κ1) is 18.0. The van der Waals surface area contributed by atoms with E-state index in [0.29, 0.717) is 25.9 Å². The van der Waals surface area contributed by atoms with Crippen molar-refractivity contribution in [2.75, 3.05) is 19.7 Å². The molecule has 1 aliphatic heterocycles. The molecule has 0 aromatic carbocycles. The fourth-order valence-corrected chi connectivity index (χ4v) is 2.17. The molecule has 1 amide bonds. The van der Waals surface area contributed by atoms with Crippen LogP contribution in [0.1, 0.15) is 40.5 Å². The molecule has 1 aliphatic rings. The lowest BCUT2D eigenvalue weighted by Crippen LogP contribution is -2.41. The number of ether oxygens (including phenoxy) is 2. The van der Waals surface area contributed by atoms with Crippen molar-refractivity contribution >= 4 is 12.1 Å². The van der Waals surface area contributed by atoms with E-state index >= 15 is 0 Å². The third-order valence-electron chi connectivity index (χ3n) is 3.21. The van der Waals surface area contributed by atoms with Gasteiger partial charge in [-0.15, -0.1) is 0 Å². The van der Waals surface area contributed by atoms with Gasteiger partial charge in [0.1, 0.15) is 17.2 Å². The first-order valence-electron chi connectivity index (χ1n) is 7.53. The number of allylic oxidation sites excluding steroid dienone is 1. The highest BCUT2D eigenvalue weighted by Crippen LogP contribution is 2.22. The van der Waals surface area contributed by atoms with Crippen LogP contribution in [0, 0.1) is 17.2 Å². The van der Waals surface area contributed by atoms with Gasteiger partial charge in [0.2, 0.25) is 0 Å². The Morgan fingerprint density at radius 1 is 1.32 bits per heavy atom. The van der Waals surface area contributed by atoms with E-state index in [9.17, 15) is 9.59 Å². The van der Waals surface area contributed by atoms with Crippen LogP contribution < -0.4 is 0 Å². The highest BCUT2D eigenvalue weighted by Gasteiger charge is 2.26. The van der Waals surface area contributed by atoms with Crippen LogP contribution in [0.15, 0.2) is 11.6 Å². The quantitative estimate of drug-likeness (QED) is 0.455. The summed E-state index contributed by atoms with van der Waals surface area (Å²) in [5, 5.41) is 9.02. The van der Waals surface area contributed by atoms with E-state index in [1.807, 2.05) is 26.8 Å². The normalized spacial score (nSPS) is 16.9. The number of likely N-dealkylation sites (tertiary alicyclic amines) is 1. The molecule has 122 valence electrons. The molecule has 1 fully saturated rings. The fourth-order valence-electron chi connectivity index (χ4n) is 2.17. The molecule has 0 saturated carbocycles. The Kier molecular flexibility index (Phi) is 6.41. The Morgan fingerprint density at radius 2 is 1.91 bits per heavy atom. The molecule has 0 radical (unpaired) electrons. The Hall–Kier alpha value is -2.03. The summed E-state index contributed by atoms with van der Waals surface area (Å²) in [6.07, 6.45) is 2.73. The van der Waals surface area contributed by atoms with E-state index in [1.165, 1.54) is 0 Å². The average molecular weight is 308 g/mol. The number of rotatable bonds is 3. The number of carbonyl (C=O) groups excluding carboxylic acids is 2. The molecular formula is C16H24N2O4. The van der Waals surface area contributed by atoms with Gasteiger partial charge in [0.25, 0.3) is 0 Å². The van der Waals surface area contributed by atoms with Gasteiger partial charge in [-0.3, -0.25) is 0 Å². The molecule has 1 rings (SSSR count). The van der Waals surface area contributed by atoms with Crippen LogP contribution in [-0.4, -0.2) is 42.3 Å². The average Bonchev–Trinajstić information content (AvgIpc) is 2.43. The van der Waals surface area contributed by atoms with Crippen molar-refractivity contribution < 1.29 is 19.1 Å². The minimum absolute atomic E-state index is 0.0394. The Morgan fingerprint density at radius 3 is 2.36 bits per heavy atom. The van der Waals surface area contributed by atoms with E-state index in [2.05, 4.69) is 0 Å². The van der Waals surface area contributed by atoms with Gasteiger partial charge in [0.05, 0.1) is 6.61 Å². The number of piperidine rings is 1. The van der Waals surface area contributed by atoms with E-state index < -0.39 is 11.6 Å². The molecule has 1 saturated heterocycles. The first-order chi connectivity index (χ1) is 10.3. The Balaban J connectivity index is 2.56. The van der Waals surface area contributed by atoms with Gasteiger partial charge in [0, 0.05) is 13.1 Å². The number of nitrogens with zero attached hydrogens (tertiary/aromatic N) is 2. The number of nitriles is 1. The van der Waals surface area contributed by atoms with Crippen molar-refractivity contribution in [3.05, 3.63) is 11.6 Å². The summed E-state index contributed by atoms with van der Waals surface area (Å²) < 4.78 is 10.2. The molecule has 6 heteroatoms. The number of esters is 1. The lowest BCUT2D eigenvalue weighted by Gasteiger charge is -2.32. The monoisotopic (exact) mass is 308 g/mol. The first-order valence-corrected chi connectivity index (χ1v) is 7.53. The van der Waals surface area contributed by atoms with Crippen molar-refractivity contribution in [1.82, 2.24) is 4.90 Å². The molecule has 0 bridgehead atoms. The fraction of sp³-hybridized carbons (Fsp3) is 0.688. The summed E-state index contributed by atoms with van der Waals surface area (Å²) in [6.45, 7) is 8.55. The highest BCUT2D eigenvalue weighted by atomic mass is 16.6. The summed E-state index contributed by atoms with van der Waals surface area (Å²) in [5.41, 5.74) is -0.469. The van der Waals surface area contributed by atoms with Gasteiger partial charge in [-0.1, -0.05) is 6.08 Å². The summed E-state index contributed by atoms with van der Waals surface area (Å²) in [4.78, 5) is 25.2. The van der Waals surface area contributed by atoms with Gasteiger partial charge >= 0.3 is 12.1 Å². The van der Waals surface area contributed by atoms with Crippen molar-refractivity contribution in [1.29, 1.82) is 5.26 Å². The molecule has 0 unspecified atom stereocenters. The predicted molar refractivity (Wildman–Crippen MR) is 80.9 cm³/mol. The second-order valence-corrected chi connectivity index (χ2v) is 6.22. The summed E-state index contributed by atoms with van der Waals surface area (Å²) in [7, 11) is 0. The summed E-state index contributed by atoms with van der Waals surface area (Å²) in [5.74, 6) is -0.489. The van der Waals surface area contributed by atoms with E-state index in [0.717, 1.165) is 0 Å². The second-order valence-electron chi connectivity index (χ2n) is 6.22. The van der Waals surface area contributed by atoms with Gasteiger partial charge < -0.3 is 14.4 Å². The largest absolute Gasteiger partial charge is 0.462 e. The van der Waals surface area contributed by atoms with Crippen LogP contribution in [-0.2, 0) is 14.3 Å². The second kappa shape index (κ2) is 7.83. The standard InChI is InChI=1S/C16H24N2O4/c1-5-21-14(19)13(11-17)10-12-6-8-18(9-7-12)15(20)22-16(2,3)4/h10,12H,5-9H2,1-4H3/b13-10+. The zero-order valence-electron chi connectivity index (χ0n) is 13.7. The van der Waals surface area contributed by atoms with Gasteiger partial charge in [-0.2, -0.15) is 5.26 Å². The lowest BCUT2D eigenvalue weighted by molar-refractivity contribution is -0.138. The Bertz CT molecular complexity index is 477. The molecule has 0 aromatic heterocycles. The van der Waals surface area contributed by atoms with E-state index in [4.69, 9.17) is 14.7 Å². The minimum Gasteiger partial charge on any atom is -0.462 e. The van der Waals surface area contributed by atoms with Gasteiger partial charge in [0.15, 0.2) is 0 Å². The SMILES string of the molecule is CCOC(=O)/C(C#N)=C/C1CCN(C(=O)OC(C)(C)C)CC1. The van der Waals surface area contributed by atoms with Crippen molar-refractivity contribution in [3.63, 3.8) is 0 Å². The lowest BCUT2D eigenvalue weighted by atomic mass is 9.95. The highest BCUT2D eigenvalue weighted by molar-refractivity contribution is 5.92. The van der Waals surface area contributed by atoms with Crippen LogP contribution >= 0.6 is 0 Å². The topological polar surface area (TPSA) is 79.6 Å². The minimum atomic E-state index is -0.584. The molecule has 1 heterocycles. The van der Waals surface area contributed by atoms with E-state index in [-0.39, 0.29) is 24.2 Å². The van der Waals surface area contributed by atoms with Crippen LogP contribution in [0.5, 0.6) is 0 Å². The number of hydrogen-bond acceptors (Lipinski definition) is 5. The third kappa shape index (κ3) is 5.76. The van der Waals surface area contributed by atoms with E-state index in [1.54, 1.807) is 17.9 Å². The van der Waals surface area contributed by atoms with Crippen molar-refractivity contribution in [2.24, 2.45) is 5.92 Å². The third-order valence-corrected chi connectivity index (χ3v) is 3.21. The van der Waals surface area contributed by atoms with Crippen LogP contribution in [0.3, 0.4) is 0 Å². The van der Waals surface area contributed by atoms with Gasteiger partial charge in [-0.25, -0.2) is 9.59 Å². The maximum Gasteiger partial charge on any atom is 0.410 e. The Labute approximate surface area is 131 Å². The molecule has 0 aromatic rings. The zero-order valence-corrected chi connectivity index (χ0v) is 13.7. The van der Waals surface area contributed by atoms with Gasteiger partial charge in [-0.05, 0) is 46.5 Å². The number of hydrogen-bond donors (Lipinski definition) is 0. The molecule has 22 heavy (non-hydrogen) atoms. The molecular weight excluding hydrogens is 284 g/mol. The number of amides is 1. The summed E-state index contributed by atoms with van der Waals surface area (Å²) in [6, 6.07) is 1.88. The molecule has 0 N–H and O–H groups in total. The molecule has 0 aliphatic carbocycles. The van der Waals surface area contributed by atoms with Crippen LogP contribution in [0.25, 0.3) is 0 Å². The van der Waals surface area contributed by atoms with Crippen LogP contribution in [0.2, 0.25) is 0 Å². The van der Waals surface area contributed by atoms with Crippen molar-refractivity contribution in [3.8, 4) is 6.07 Å². The maximum atomic E-state index is 12.0. The molecule has 0 atom stereocenters. The number of carbonyl (C=O) groups is 2. The summed E-state index contributed by atoms with van der Waals surface area (Å²) >= 11 is 0. The molecule has 6 nitrogen and oxygen atoms in total. The molecule has 0 spiro atoms.